The Labute approximate surface area is 271 Å². The zero-order chi connectivity index (χ0) is 31.6. The molecular weight excluding hydrogens is 650 g/mol. The Hall–Kier alpha value is -3.18. The highest BCUT2D eigenvalue weighted by molar-refractivity contribution is 9.09. The van der Waals surface area contributed by atoms with E-state index in [0.717, 1.165) is 0 Å². The van der Waals surface area contributed by atoms with E-state index in [4.69, 9.17) is 21.1 Å². The number of hydrogen-bond acceptors (Lipinski definition) is 6. The molecule has 3 fully saturated rings. The number of nitrogens with zero attached hydrogens (tertiary/aromatic N) is 3. The van der Waals surface area contributed by atoms with Crippen LogP contribution >= 0.6 is 27.5 Å². The van der Waals surface area contributed by atoms with Crippen molar-refractivity contribution in [2.24, 2.45) is 11.8 Å². The Kier molecular flexibility index (Phi) is 9.84. The summed E-state index contributed by atoms with van der Waals surface area (Å²) in [5, 5.41) is 10.2. The number of aliphatic hydroxyl groups is 1. The van der Waals surface area contributed by atoms with Crippen molar-refractivity contribution in [3.05, 3.63) is 78.9 Å². The molecular formula is C33H37BrClN3O6. The number of alkyl halides is 1. The van der Waals surface area contributed by atoms with Gasteiger partial charge in [0.05, 0.1) is 24.5 Å². The third kappa shape index (κ3) is 5.57. The van der Waals surface area contributed by atoms with Crippen molar-refractivity contribution >= 4 is 56.6 Å². The first-order valence-electron chi connectivity index (χ1n) is 14.8. The number of carbonyl (C=O) groups is 3. The number of hydrogen-bond donors (Lipinski definition) is 1. The van der Waals surface area contributed by atoms with Crippen molar-refractivity contribution in [2.75, 3.05) is 42.6 Å². The molecule has 3 aliphatic rings. The normalized spacial score (nSPS) is 26.8. The van der Waals surface area contributed by atoms with E-state index in [2.05, 4.69) is 29.1 Å². The van der Waals surface area contributed by atoms with Gasteiger partial charge >= 0.3 is 0 Å². The minimum Gasteiger partial charge on any atom is -0.494 e. The molecule has 0 radical (unpaired) electrons. The molecule has 9 nitrogen and oxygen atoms in total. The molecule has 5 rings (SSSR count). The average molecular weight is 687 g/mol. The number of anilines is 2. The maximum absolute atomic E-state index is 14.6. The first kappa shape index (κ1) is 32.2. The van der Waals surface area contributed by atoms with Crippen LogP contribution in [0.25, 0.3) is 0 Å². The topological polar surface area (TPSA) is 99.6 Å². The summed E-state index contributed by atoms with van der Waals surface area (Å²) in [6.07, 6.45) is 3.28. The highest BCUT2D eigenvalue weighted by atomic mass is 79.9. The fourth-order valence-electron chi connectivity index (χ4n) is 6.91. The lowest BCUT2D eigenvalue weighted by Gasteiger charge is -2.37. The third-order valence-corrected chi connectivity index (χ3v) is 9.72. The summed E-state index contributed by atoms with van der Waals surface area (Å²) in [5.74, 6) is -1.99. The summed E-state index contributed by atoms with van der Waals surface area (Å²) in [6, 6.07) is 13.1. The van der Waals surface area contributed by atoms with Gasteiger partial charge in [-0.25, -0.2) is 0 Å². The molecule has 44 heavy (non-hydrogen) atoms. The van der Waals surface area contributed by atoms with E-state index >= 15 is 0 Å². The second-order valence-electron chi connectivity index (χ2n) is 11.2. The maximum atomic E-state index is 14.6. The number of carbonyl (C=O) groups excluding carboxylic acids is 3. The van der Waals surface area contributed by atoms with Crippen LogP contribution in [0, 0.1) is 11.8 Å². The lowest BCUT2D eigenvalue weighted by Crippen LogP contribution is -2.57. The van der Waals surface area contributed by atoms with Gasteiger partial charge in [-0.05, 0) is 68.3 Å². The Bertz CT molecular complexity index is 1410. The standard InChI is InChI=1S/C33H37BrClN3O6/c1-4-16-36(23-12-14-24(15-13-23)43-6-3)30(40)26-27-31(41)38(18-7-19-39)29(33(27)20-25(34)28(26)44-33)32(42)37(17-5-2)22-10-8-21(35)9-11-22/h4-5,8-15,25-29,39H,1-2,6-7,16-20H2,3H3/t25?,26-,27+,28-,29?,33?/m1/s1. The number of benzene rings is 2. The molecule has 3 heterocycles. The van der Waals surface area contributed by atoms with E-state index < -0.39 is 29.6 Å². The van der Waals surface area contributed by atoms with Crippen molar-refractivity contribution in [1.82, 2.24) is 4.90 Å². The van der Waals surface area contributed by atoms with E-state index in [0.29, 0.717) is 35.2 Å². The molecule has 234 valence electrons. The molecule has 2 bridgehead atoms. The minimum atomic E-state index is -1.24. The van der Waals surface area contributed by atoms with Gasteiger partial charge in [0.1, 0.15) is 17.4 Å². The molecule has 0 aromatic heterocycles. The number of rotatable bonds is 13. The minimum absolute atomic E-state index is 0.143. The predicted molar refractivity (Wildman–Crippen MR) is 173 cm³/mol. The summed E-state index contributed by atoms with van der Waals surface area (Å²) in [6.45, 7) is 10.5. The number of amides is 3. The molecule has 0 aliphatic carbocycles. The van der Waals surface area contributed by atoms with E-state index in [9.17, 15) is 19.5 Å². The largest absolute Gasteiger partial charge is 0.494 e. The van der Waals surface area contributed by atoms with E-state index in [1.54, 1.807) is 70.5 Å². The Balaban J connectivity index is 1.55. The van der Waals surface area contributed by atoms with Crippen LogP contribution in [-0.4, -0.2) is 83.2 Å². The SMILES string of the molecule is C=CCN(C(=O)C1N(CCCO)C(=O)[C@@H]2[C@@H](C(=O)N(CC=C)c3ccc(OCC)cc3)[C@@H]3OC12CC3Br)c1ccc(Cl)cc1. The van der Waals surface area contributed by atoms with Gasteiger partial charge in [-0.2, -0.15) is 0 Å². The number of fused-ring (bicyclic) bond motifs is 1. The number of halogens is 2. The maximum Gasteiger partial charge on any atom is 0.253 e. The van der Waals surface area contributed by atoms with Gasteiger partial charge in [-0.1, -0.05) is 39.7 Å². The molecule has 2 aromatic rings. The van der Waals surface area contributed by atoms with Crippen molar-refractivity contribution in [2.45, 2.75) is 42.3 Å². The van der Waals surface area contributed by atoms with Gasteiger partial charge in [0.25, 0.3) is 5.91 Å². The van der Waals surface area contributed by atoms with Crippen LogP contribution in [0.3, 0.4) is 0 Å². The molecule has 2 aromatic carbocycles. The first-order chi connectivity index (χ1) is 21.2. The third-order valence-electron chi connectivity index (χ3n) is 8.62. The van der Waals surface area contributed by atoms with E-state index in [1.807, 2.05) is 6.92 Å². The lowest BCUT2D eigenvalue weighted by atomic mass is 9.70. The summed E-state index contributed by atoms with van der Waals surface area (Å²) in [7, 11) is 0. The monoisotopic (exact) mass is 685 g/mol. The number of aliphatic hydroxyl groups excluding tert-OH is 1. The summed E-state index contributed by atoms with van der Waals surface area (Å²) < 4.78 is 12.3. The van der Waals surface area contributed by atoms with Gasteiger partial charge < -0.3 is 29.3 Å². The summed E-state index contributed by atoms with van der Waals surface area (Å²) in [5.41, 5.74) is -0.0128. The molecule has 1 spiro atoms. The predicted octanol–water partition coefficient (Wildman–Crippen LogP) is 4.61. The smallest absolute Gasteiger partial charge is 0.253 e. The zero-order valence-electron chi connectivity index (χ0n) is 24.6. The summed E-state index contributed by atoms with van der Waals surface area (Å²) >= 11 is 9.86. The molecule has 11 heteroatoms. The van der Waals surface area contributed by atoms with Gasteiger partial charge in [-0.3, -0.25) is 14.4 Å². The molecule has 3 aliphatic heterocycles. The van der Waals surface area contributed by atoms with Crippen molar-refractivity contribution in [3.63, 3.8) is 0 Å². The second-order valence-corrected chi connectivity index (χ2v) is 12.8. The lowest BCUT2D eigenvalue weighted by molar-refractivity contribution is -0.140. The van der Waals surface area contributed by atoms with Gasteiger partial charge in [0.2, 0.25) is 11.8 Å². The molecule has 0 saturated carbocycles. The van der Waals surface area contributed by atoms with E-state index in [-0.39, 0.29) is 55.2 Å². The molecule has 3 saturated heterocycles. The average Bonchev–Trinajstić information content (AvgIpc) is 3.61. The van der Waals surface area contributed by atoms with Gasteiger partial charge in [0.15, 0.2) is 0 Å². The number of ether oxygens (including phenoxy) is 2. The van der Waals surface area contributed by atoms with Crippen LogP contribution in [0.2, 0.25) is 5.02 Å². The van der Waals surface area contributed by atoms with E-state index in [1.165, 1.54) is 4.90 Å². The van der Waals surface area contributed by atoms with Crippen LogP contribution in [-0.2, 0) is 19.1 Å². The van der Waals surface area contributed by atoms with Crippen LogP contribution in [0.1, 0.15) is 19.8 Å². The Morgan fingerprint density at radius 3 is 2.25 bits per heavy atom. The molecule has 3 unspecified atom stereocenters. The van der Waals surface area contributed by atoms with Gasteiger partial charge in [0, 0.05) is 47.5 Å². The molecule has 1 N–H and O–H groups in total. The molecule has 6 atom stereocenters. The molecule has 3 amide bonds. The van der Waals surface area contributed by atoms with Crippen LogP contribution in [0.4, 0.5) is 11.4 Å². The fraction of sp³-hybridized carbons (Fsp3) is 0.424. The van der Waals surface area contributed by atoms with Crippen LogP contribution in [0.15, 0.2) is 73.8 Å². The van der Waals surface area contributed by atoms with Crippen molar-refractivity contribution in [1.29, 1.82) is 0 Å². The zero-order valence-corrected chi connectivity index (χ0v) is 27.0. The highest BCUT2D eigenvalue weighted by Gasteiger charge is 2.77. The Morgan fingerprint density at radius 1 is 1.09 bits per heavy atom. The first-order valence-corrected chi connectivity index (χ1v) is 16.1. The second kappa shape index (κ2) is 13.4. The highest BCUT2D eigenvalue weighted by Crippen LogP contribution is 2.60. The number of likely N-dealkylation sites (tertiary alicyclic amines) is 1. The Morgan fingerprint density at radius 2 is 1.68 bits per heavy atom. The van der Waals surface area contributed by atoms with Crippen molar-refractivity contribution < 1.29 is 29.0 Å². The van der Waals surface area contributed by atoms with Crippen LogP contribution < -0.4 is 14.5 Å². The fourth-order valence-corrected chi connectivity index (χ4v) is 7.98. The quantitative estimate of drug-likeness (QED) is 0.244. The van der Waals surface area contributed by atoms with Crippen molar-refractivity contribution in [3.8, 4) is 5.75 Å². The van der Waals surface area contributed by atoms with Crippen LogP contribution in [0.5, 0.6) is 5.75 Å². The summed E-state index contributed by atoms with van der Waals surface area (Å²) in [4.78, 5) is 47.8. The van der Waals surface area contributed by atoms with Gasteiger partial charge in [-0.15, -0.1) is 13.2 Å².